The summed E-state index contributed by atoms with van der Waals surface area (Å²) in [4.78, 5) is 25.7. The summed E-state index contributed by atoms with van der Waals surface area (Å²) in [6, 6.07) is -0.499. The van der Waals surface area contributed by atoms with Crippen LogP contribution in [0, 0.1) is 0 Å². The fraction of sp³-hybridized carbons (Fsp3) is 0.692. The molecule has 1 amide bonds. The minimum atomic E-state index is -0.570. The van der Waals surface area contributed by atoms with E-state index in [0.717, 1.165) is 17.7 Å². The van der Waals surface area contributed by atoms with Gasteiger partial charge in [0.25, 0.3) is 0 Å². The summed E-state index contributed by atoms with van der Waals surface area (Å²) >= 11 is 1.61. The molecule has 1 saturated heterocycles. The summed E-state index contributed by atoms with van der Waals surface area (Å²) in [6.45, 7) is 7.42. The van der Waals surface area contributed by atoms with Crippen LogP contribution >= 0.6 is 11.8 Å². The van der Waals surface area contributed by atoms with Crippen molar-refractivity contribution in [1.29, 1.82) is 0 Å². The maximum atomic E-state index is 12.3. The van der Waals surface area contributed by atoms with Crippen molar-refractivity contribution in [2.45, 2.75) is 51.1 Å². The van der Waals surface area contributed by atoms with Crippen molar-refractivity contribution < 1.29 is 14.3 Å². The lowest BCUT2D eigenvalue weighted by atomic mass is 10.0. The maximum Gasteiger partial charge on any atom is 0.355 e. The Morgan fingerprint density at radius 2 is 2.16 bits per heavy atom. The Morgan fingerprint density at radius 3 is 2.68 bits per heavy atom. The second-order valence-corrected chi connectivity index (χ2v) is 6.85. The van der Waals surface area contributed by atoms with Crippen molar-refractivity contribution in [1.82, 2.24) is 4.90 Å². The van der Waals surface area contributed by atoms with Crippen LogP contribution in [0.4, 0.5) is 0 Å². The highest BCUT2D eigenvalue weighted by atomic mass is 32.2. The number of β-lactam (4-membered cyclic amide) rings is 1. The lowest BCUT2D eigenvalue weighted by Crippen LogP contribution is -2.68. The number of rotatable bonds is 2. The van der Waals surface area contributed by atoms with Gasteiger partial charge >= 0.3 is 5.97 Å². The molecular weight excluding hydrogens is 264 g/mol. The summed E-state index contributed by atoms with van der Waals surface area (Å²) in [5, 5.41) is -0.120. The standard InChI is InChI=1S/C13H20N2O3S/c1-5-7-6-19-11-8(14)10(16)15(11)9(7)12(17)18-13(2,3)4/h8,11H,5-6,14H2,1-4H3/t8?,11-/m1/s1. The average molecular weight is 284 g/mol. The fourth-order valence-electron chi connectivity index (χ4n) is 2.17. The van der Waals surface area contributed by atoms with E-state index in [-0.39, 0.29) is 11.3 Å². The minimum Gasteiger partial charge on any atom is -0.455 e. The summed E-state index contributed by atoms with van der Waals surface area (Å²) in [5.74, 6) is 0.117. The second kappa shape index (κ2) is 4.83. The first kappa shape index (κ1) is 14.4. The highest BCUT2D eigenvalue weighted by Crippen LogP contribution is 2.40. The van der Waals surface area contributed by atoms with E-state index >= 15 is 0 Å². The Morgan fingerprint density at radius 1 is 1.53 bits per heavy atom. The molecule has 0 aromatic heterocycles. The van der Waals surface area contributed by atoms with Gasteiger partial charge in [-0.05, 0) is 32.8 Å². The molecule has 2 rings (SSSR count). The van der Waals surface area contributed by atoms with Crippen molar-refractivity contribution in [2.24, 2.45) is 5.73 Å². The molecule has 2 heterocycles. The molecule has 1 unspecified atom stereocenters. The highest BCUT2D eigenvalue weighted by Gasteiger charge is 2.52. The van der Waals surface area contributed by atoms with Gasteiger partial charge in [-0.15, -0.1) is 11.8 Å². The molecule has 0 radical (unpaired) electrons. The molecule has 0 aromatic rings. The van der Waals surface area contributed by atoms with E-state index < -0.39 is 17.6 Å². The lowest BCUT2D eigenvalue weighted by Gasteiger charge is -2.48. The van der Waals surface area contributed by atoms with Crippen molar-refractivity contribution in [3.05, 3.63) is 11.3 Å². The van der Waals surface area contributed by atoms with Crippen molar-refractivity contribution in [2.75, 3.05) is 5.75 Å². The smallest absolute Gasteiger partial charge is 0.355 e. The molecule has 0 aromatic carbocycles. The molecule has 6 heteroatoms. The Labute approximate surface area is 117 Å². The number of nitrogens with zero attached hydrogens (tertiary/aromatic N) is 1. The van der Waals surface area contributed by atoms with Gasteiger partial charge in [0.05, 0.1) is 0 Å². The summed E-state index contributed by atoms with van der Waals surface area (Å²) in [7, 11) is 0. The van der Waals surface area contributed by atoms with Gasteiger partial charge in [-0.2, -0.15) is 0 Å². The predicted molar refractivity (Wildman–Crippen MR) is 74.2 cm³/mol. The Bertz CT molecular complexity index is 453. The van der Waals surface area contributed by atoms with E-state index in [0.29, 0.717) is 5.70 Å². The number of hydrogen-bond acceptors (Lipinski definition) is 5. The molecule has 0 aliphatic carbocycles. The first-order chi connectivity index (χ1) is 8.76. The molecule has 2 atom stereocenters. The average Bonchev–Trinajstić information content (AvgIpc) is 2.33. The van der Waals surface area contributed by atoms with Crippen LogP contribution < -0.4 is 5.73 Å². The summed E-state index contributed by atoms with van der Waals surface area (Å²) < 4.78 is 5.40. The topological polar surface area (TPSA) is 72.6 Å². The third kappa shape index (κ3) is 2.51. The van der Waals surface area contributed by atoms with Crippen LogP contribution in [0.2, 0.25) is 0 Å². The van der Waals surface area contributed by atoms with E-state index in [1.807, 2.05) is 27.7 Å². The lowest BCUT2D eigenvalue weighted by molar-refractivity contribution is -0.158. The maximum absolute atomic E-state index is 12.3. The van der Waals surface area contributed by atoms with Gasteiger partial charge in [-0.1, -0.05) is 6.92 Å². The minimum absolute atomic E-state index is 0.120. The normalized spacial score (nSPS) is 27.0. The molecule has 0 spiro atoms. The SMILES string of the molecule is CCC1=C(C(=O)OC(C)(C)C)N2C(=O)C(N)[C@H]2SC1. The molecule has 2 N–H and O–H groups in total. The summed E-state index contributed by atoms with van der Waals surface area (Å²) in [5.41, 5.74) is 6.56. The molecule has 106 valence electrons. The molecule has 0 bridgehead atoms. The predicted octanol–water partition coefficient (Wildman–Crippen LogP) is 1.23. The second-order valence-electron chi connectivity index (χ2n) is 5.74. The van der Waals surface area contributed by atoms with Crippen LogP contribution in [0.15, 0.2) is 11.3 Å². The van der Waals surface area contributed by atoms with Gasteiger partial charge in [0.2, 0.25) is 5.91 Å². The van der Waals surface area contributed by atoms with E-state index in [9.17, 15) is 9.59 Å². The third-order valence-corrected chi connectivity index (χ3v) is 4.47. The van der Waals surface area contributed by atoms with Gasteiger partial charge in [0, 0.05) is 5.75 Å². The molecule has 2 aliphatic heterocycles. The van der Waals surface area contributed by atoms with Crippen LogP contribution in [0.3, 0.4) is 0 Å². The molecule has 19 heavy (non-hydrogen) atoms. The number of carbonyl (C=O) groups is 2. The van der Waals surface area contributed by atoms with Crippen LogP contribution in [0.5, 0.6) is 0 Å². The molecular formula is C13H20N2O3S. The first-order valence-corrected chi connectivity index (χ1v) is 7.46. The van der Waals surface area contributed by atoms with Crippen molar-refractivity contribution >= 4 is 23.6 Å². The Kier molecular flexibility index (Phi) is 3.66. The van der Waals surface area contributed by atoms with Crippen LogP contribution in [0.1, 0.15) is 34.1 Å². The van der Waals surface area contributed by atoms with Crippen molar-refractivity contribution in [3.8, 4) is 0 Å². The number of amides is 1. The van der Waals surface area contributed by atoms with Crippen LogP contribution in [-0.2, 0) is 14.3 Å². The zero-order valence-electron chi connectivity index (χ0n) is 11.7. The Balaban J connectivity index is 2.30. The summed E-state index contributed by atoms with van der Waals surface area (Å²) in [6.07, 6.45) is 0.729. The number of nitrogens with two attached hydrogens (primary N) is 1. The van der Waals surface area contributed by atoms with Gasteiger partial charge in [0.1, 0.15) is 22.7 Å². The van der Waals surface area contributed by atoms with E-state index in [2.05, 4.69) is 0 Å². The number of thioether (sulfide) groups is 1. The highest BCUT2D eigenvalue weighted by molar-refractivity contribution is 8.00. The number of esters is 1. The molecule has 0 saturated carbocycles. The zero-order chi connectivity index (χ0) is 14.4. The Hall–Kier alpha value is -1.01. The van der Waals surface area contributed by atoms with E-state index in [1.54, 1.807) is 11.8 Å². The van der Waals surface area contributed by atoms with Gasteiger partial charge < -0.3 is 10.5 Å². The number of hydrogen-bond donors (Lipinski definition) is 1. The van der Waals surface area contributed by atoms with Crippen molar-refractivity contribution in [3.63, 3.8) is 0 Å². The largest absolute Gasteiger partial charge is 0.455 e. The van der Waals surface area contributed by atoms with Crippen LogP contribution in [0.25, 0.3) is 0 Å². The van der Waals surface area contributed by atoms with Gasteiger partial charge in [-0.25, -0.2) is 4.79 Å². The first-order valence-electron chi connectivity index (χ1n) is 6.42. The number of ether oxygens (including phenoxy) is 1. The fourth-order valence-corrected chi connectivity index (χ4v) is 3.56. The van der Waals surface area contributed by atoms with Crippen LogP contribution in [-0.4, -0.2) is 39.5 Å². The quantitative estimate of drug-likeness (QED) is 0.610. The number of fused-ring (bicyclic) bond motifs is 1. The van der Waals surface area contributed by atoms with E-state index in [4.69, 9.17) is 10.5 Å². The van der Waals surface area contributed by atoms with E-state index in [1.165, 1.54) is 4.90 Å². The van der Waals surface area contributed by atoms with Gasteiger partial charge in [-0.3, -0.25) is 9.69 Å². The zero-order valence-corrected chi connectivity index (χ0v) is 12.5. The molecule has 1 fully saturated rings. The monoisotopic (exact) mass is 284 g/mol. The molecule has 2 aliphatic rings. The third-order valence-electron chi connectivity index (χ3n) is 3.11. The number of carbonyl (C=O) groups excluding carboxylic acids is 2. The van der Waals surface area contributed by atoms with Gasteiger partial charge in [0.15, 0.2) is 0 Å². The molecule has 5 nitrogen and oxygen atoms in total.